The molecule has 0 saturated heterocycles. The van der Waals surface area contributed by atoms with E-state index in [9.17, 15) is 23.3 Å². The fourth-order valence-corrected chi connectivity index (χ4v) is 4.49. The van der Waals surface area contributed by atoms with Crippen LogP contribution in [-0.4, -0.2) is 25.9 Å². The second-order valence-electron chi connectivity index (χ2n) is 6.24. The van der Waals surface area contributed by atoms with E-state index in [1.165, 1.54) is 48.5 Å². The summed E-state index contributed by atoms with van der Waals surface area (Å²) in [7, 11) is -4.32. The van der Waals surface area contributed by atoms with Gasteiger partial charge in [0.2, 0.25) is 0 Å². The first-order valence-corrected chi connectivity index (χ1v) is 10.9. The summed E-state index contributed by atoms with van der Waals surface area (Å²) in [6.07, 6.45) is 0. The summed E-state index contributed by atoms with van der Waals surface area (Å²) in [6, 6.07) is 16.6. The Kier molecular flexibility index (Phi) is 6.57. The van der Waals surface area contributed by atoms with Crippen molar-refractivity contribution in [2.75, 3.05) is 10.9 Å². The molecule has 160 valence electrons. The number of rotatable bonds is 7. The van der Waals surface area contributed by atoms with Gasteiger partial charge in [0, 0.05) is 12.1 Å². The van der Waals surface area contributed by atoms with E-state index in [1.807, 2.05) is 0 Å². The van der Waals surface area contributed by atoms with Crippen LogP contribution < -0.4 is 9.04 Å². The Balaban J connectivity index is 2.14. The van der Waals surface area contributed by atoms with Gasteiger partial charge in [0.15, 0.2) is 0 Å². The summed E-state index contributed by atoms with van der Waals surface area (Å²) in [6.45, 7) is 2.23. The Morgan fingerprint density at radius 3 is 2.26 bits per heavy atom. The van der Waals surface area contributed by atoms with Crippen molar-refractivity contribution in [3.05, 3.63) is 93.5 Å². The fourth-order valence-electron chi connectivity index (χ4n) is 2.81. The predicted molar refractivity (Wildman–Crippen MR) is 116 cm³/mol. The molecule has 8 nitrogen and oxygen atoms in total. The lowest BCUT2D eigenvalue weighted by molar-refractivity contribution is -0.384. The van der Waals surface area contributed by atoms with Crippen molar-refractivity contribution < 1.29 is 22.9 Å². The molecule has 0 saturated carbocycles. The van der Waals surface area contributed by atoms with Crippen LogP contribution in [-0.2, 0) is 10.0 Å². The zero-order valence-corrected chi connectivity index (χ0v) is 17.8. The average Bonchev–Trinajstić information content (AvgIpc) is 2.75. The highest BCUT2D eigenvalue weighted by molar-refractivity contribution is 7.93. The normalized spacial score (nSPS) is 11.0. The van der Waals surface area contributed by atoms with E-state index in [2.05, 4.69) is 0 Å². The smallest absolute Gasteiger partial charge is 0.273 e. The van der Waals surface area contributed by atoms with Crippen molar-refractivity contribution in [2.45, 2.75) is 11.8 Å². The number of non-ortho nitro benzene ring substituents is 1. The van der Waals surface area contributed by atoms with Crippen LogP contribution in [0.15, 0.2) is 77.7 Å². The van der Waals surface area contributed by atoms with Gasteiger partial charge in [-0.25, -0.2) is 8.42 Å². The average molecular weight is 461 g/mol. The minimum absolute atomic E-state index is 0.0618. The molecule has 0 spiro atoms. The van der Waals surface area contributed by atoms with Crippen LogP contribution in [0.2, 0.25) is 5.02 Å². The number of halogens is 1. The maximum Gasteiger partial charge on any atom is 0.273 e. The lowest BCUT2D eigenvalue weighted by Gasteiger charge is -2.23. The lowest BCUT2D eigenvalue weighted by Crippen LogP contribution is -2.37. The molecule has 0 radical (unpaired) electrons. The van der Waals surface area contributed by atoms with Crippen LogP contribution in [0.4, 0.5) is 11.4 Å². The van der Waals surface area contributed by atoms with Gasteiger partial charge in [-0.3, -0.25) is 14.9 Å². The molecule has 31 heavy (non-hydrogen) atoms. The maximum atomic E-state index is 13.4. The molecule has 3 rings (SSSR count). The van der Waals surface area contributed by atoms with Crippen LogP contribution in [0.3, 0.4) is 0 Å². The molecule has 0 N–H and O–H groups in total. The summed E-state index contributed by atoms with van der Waals surface area (Å²) in [5.41, 5.74) is -0.451. The largest absolute Gasteiger partial charge is 0.494 e. The summed E-state index contributed by atoms with van der Waals surface area (Å²) in [5.74, 6) is -0.447. The van der Waals surface area contributed by atoms with Crippen molar-refractivity contribution in [3.8, 4) is 5.75 Å². The van der Waals surface area contributed by atoms with Gasteiger partial charge in [0.25, 0.3) is 21.6 Å². The summed E-state index contributed by atoms with van der Waals surface area (Å²) in [5, 5.41) is 10.7. The third kappa shape index (κ3) is 4.68. The van der Waals surface area contributed by atoms with Gasteiger partial charge in [-0.15, -0.1) is 0 Å². The van der Waals surface area contributed by atoms with E-state index in [-0.39, 0.29) is 26.9 Å². The maximum absolute atomic E-state index is 13.4. The van der Waals surface area contributed by atoms with E-state index in [4.69, 9.17) is 16.3 Å². The Labute approximate surface area is 183 Å². The molecule has 0 aliphatic rings. The van der Waals surface area contributed by atoms with Gasteiger partial charge in [-0.1, -0.05) is 29.8 Å². The van der Waals surface area contributed by atoms with E-state index in [1.54, 1.807) is 13.0 Å². The predicted octanol–water partition coefficient (Wildman–Crippen LogP) is 4.68. The van der Waals surface area contributed by atoms with Gasteiger partial charge < -0.3 is 4.74 Å². The number of ether oxygens (including phenoxy) is 1. The van der Waals surface area contributed by atoms with Crippen molar-refractivity contribution >= 4 is 38.9 Å². The molecule has 0 aliphatic heterocycles. The highest BCUT2D eigenvalue weighted by Gasteiger charge is 2.33. The quantitative estimate of drug-likeness (QED) is 0.374. The second kappa shape index (κ2) is 9.15. The van der Waals surface area contributed by atoms with Gasteiger partial charge in [-0.2, -0.15) is 4.31 Å². The molecule has 3 aromatic carbocycles. The Bertz CT molecular complexity index is 1210. The molecule has 3 aromatic rings. The first-order valence-electron chi connectivity index (χ1n) is 9.07. The standard InChI is InChI=1S/C21H17ClN2O6S/c1-2-30-17-11-8-15(9-12-17)23(31(28,29)18-6-4-3-5-7-18)21(25)19-13-10-16(24(26)27)14-20(19)22/h3-14H,2H2,1H3. The van der Waals surface area contributed by atoms with Crippen LogP contribution in [0.25, 0.3) is 0 Å². The SMILES string of the molecule is CCOc1ccc(N(C(=O)c2ccc([N+](=O)[O-])cc2Cl)S(=O)(=O)c2ccccc2)cc1. The molecule has 0 unspecified atom stereocenters. The van der Waals surface area contributed by atoms with Crippen molar-refractivity contribution in [3.63, 3.8) is 0 Å². The number of carbonyl (C=O) groups is 1. The van der Waals surface area contributed by atoms with Gasteiger partial charge in [0.1, 0.15) is 5.75 Å². The third-order valence-electron chi connectivity index (χ3n) is 4.24. The topological polar surface area (TPSA) is 107 Å². The van der Waals surface area contributed by atoms with Crippen molar-refractivity contribution in [2.24, 2.45) is 0 Å². The minimum Gasteiger partial charge on any atom is -0.494 e. The number of nitrogens with zero attached hydrogens (tertiary/aromatic N) is 2. The van der Waals surface area contributed by atoms with E-state index < -0.39 is 20.9 Å². The molecule has 0 heterocycles. The zero-order valence-electron chi connectivity index (χ0n) is 16.3. The summed E-state index contributed by atoms with van der Waals surface area (Å²) >= 11 is 6.10. The fraction of sp³-hybridized carbons (Fsp3) is 0.0952. The Morgan fingerprint density at radius 2 is 1.71 bits per heavy atom. The molecule has 10 heteroatoms. The Morgan fingerprint density at radius 1 is 1.06 bits per heavy atom. The molecule has 1 amide bonds. The zero-order chi connectivity index (χ0) is 22.6. The van der Waals surface area contributed by atoms with Crippen molar-refractivity contribution in [1.82, 2.24) is 0 Å². The molecular formula is C21H17ClN2O6S. The van der Waals surface area contributed by atoms with Crippen LogP contribution >= 0.6 is 11.6 Å². The number of hydrogen-bond donors (Lipinski definition) is 0. The first-order chi connectivity index (χ1) is 14.8. The highest BCUT2D eigenvalue weighted by atomic mass is 35.5. The number of anilines is 1. The Hall–Kier alpha value is -3.43. The van der Waals surface area contributed by atoms with E-state index in [0.717, 1.165) is 18.2 Å². The monoisotopic (exact) mass is 460 g/mol. The van der Waals surface area contributed by atoms with Crippen LogP contribution in [0.1, 0.15) is 17.3 Å². The highest BCUT2D eigenvalue weighted by Crippen LogP contribution is 2.31. The minimum atomic E-state index is -4.32. The van der Waals surface area contributed by atoms with Crippen LogP contribution in [0.5, 0.6) is 5.75 Å². The molecule has 0 bridgehead atoms. The van der Waals surface area contributed by atoms with Crippen LogP contribution in [0, 0.1) is 10.1 Å². The second-order valence-corrected chi connectivity index (χ2v) is 8.43. The molecule has 0 atom stereocenters. The third-order valence-corrected chi connectivity index (χ3v) is 6.28. The number of hydrogen-bond acceptors (Lipinski definition) is 6. The lowest BCUT2D eigenvalue weighted by atomic mass is 10.2. The van der Waals surface area contributed by atoms with E-state index in [0.29, 0.717) is 16.7 Å². The molecular weight excluding hydrogens is 444 g/mol. The number of nitro benzene ring substituents is 1. The molecule has 0 aliphatic carbocycles. The number of amides is 1. The molecule has 0 fully saturated rings. The first kappa shape index (κ1) is 22.3. The van der Waals surface area contributed by atoms with Gasteiger partial charge in [0.05, 0.1) is 32.7 Å². The van der Waals surface area contributed by atoms with Crippen molar-refractivity contribution in [1.29, 1.82) is 0 Å². The number of nitro groups is 1. The number of carbonyl (C=O) groups excluding carboxylic acids is 1. The van der Waals surface area contributed by atoms with E-state index >= 15 is 0 Å². The van der Waals surface area contributed by atoms with Gasteiger partial charge in [-0.05, 0) is 49.4 Å². The summed E-state index contributed by atoms with van der Waals surface area (Å²) < 4.78 is 32.7. The van der Waals surface area contributed by atoms with Gasteiger partial charge >= 0.3 is 0 Å². The summed E-state index contributed by atoms with van der Waals surface area (Å²) in [4.78, 5) is 23.5. The molecule has 0 aromatic heterocycles. The number of benzene rings is 3. The number of sulfonamides is 1.